The molecule has 0 N–H and O–H groups in total. The largest absolute Gasteiger partial charge is 0.295 e. The summed E-state index contributed by atoms with van der Waals surface area (Å²) in [6.45, 7) is 0. The molecule has 0 aromatic rings. The molecule has 0 radical (unpaired) electrons. The third-order valence-electron chi connectivity index (χ3n) is 4.13. The van der Waals surface area contributed by atoms with Crippen molar-refractivity contribution in [2.45, 2.75) is 19.3 Å². The number of rotatable bonds is 0. The lowest BCUT2D eigenvalue weighted by molar-refractivity contribution is -0.119. The Kier molecular flexibility index (Phi) is 1.91. The number of allylic oxidation sites excluding steroid dienone is 4. The van der Waals surface area contributed by atoms with E-state index in [1.54, 1.807) is 12.2 Å². The average Bonchev–Trinajstić information content (AvgIpc) is 2.56. The molecule has 4 atom stereocenters. The monoisotopic (exact) mass is 202 g/mol. The zero-order valence-corrected chi connectivity index (χ0v) is 8.56. The van der Waals surface area contributed by atoms with Crippen LogP contribution in [0.2, 0.25) is 0 Å². The van der Waals surface area contributed by atoms with Gasteiger partial charge in [0.05, 0.1) is 0 Å². The Morgan fingerprint density at radius 3 is 1.80 bits per heavy atom. The molecule has 0 spiro atoms. The molecule has 0 unspecified atom stereocenters. The van der Waals surface area contributed by atoms with E-state index in [0.29, 0.717) is 36.5 Å². The third kappa shape index (κ3) is 1.39. The van der Waals surface area contributed by atoms with Gasteiger partial charge >= 0.3 is 0 Å². The third-order valence-corrected chi connectivity index (χ3v) is 4.13. The molecule has 0 aromatic carbocycles. The standard InChI is InChI=1S/C13H14O2/c14-10-3-1-8-5-9-2-4-11(15)7-13(9)12(8)6-10/h1-4,8-9,12-13H,5-7H2/t8-,9+,12-,13+. The van der Waals surface area contributed by atoms with Crippen LogP contribution in [0.3, 0.4) is 0 Å². The van der Waals surface area contributed by atoms with Crippen molar-refractivity contribution in [1.82, 2.24) is 0 Å². The fraction of sp³-hybridized carbons (Fsp3) is 0.538. The minimum Gasteiger partial charge on any atom is -0.295 e. The first kappa shape index (κ1) is 9.08. The lowest BCUT2D eigenvalue weighted by atomic mass is 9.76. The van der Waals surface area contributed by atoms with E-state index in [1.807, 2.05) is 0 Å². The molecule has 3 rings (SSSR count). The van der Waals surface area contributed by atoms with Gasteiger partial charge in [0, 0.05) is 12.8 Å². The zero-order chi connectivity index (χ0) is 10.4. The summed E-state index contributed by atoms with van der Waals surface area (Å²) in [5.41, 5.74) is 0. The molecule has 3 aliphatic rings. The Hall–Kier alpha value is -1.18. The Labute approximate surface area is 89.0 Å². The zero-order valence-electron chi connectivity index (χ0n) is 8.56. The molecule has 78 valence electrons. The maximum absolute atomic E-state index is 11.4. The number of ketones is 2. The molecular weight excluding hydrogens is 188 g/mol. The van der Waals surface area contributed by atoms with E-state index < -0.39 is 0 Å². The smallest absolute Gasteiger partial charge is 0.155 e. The van der Waals surface area contributed by atoms with Crippen LogP contribution in [-0.4, -0.2) is 11.6 Å². The van der Waals surface area contributed by atoms with E-state index in [0.717, 1.165) is 6.42 Å². The van der Waals surface area contributed by atoms with Gasteiger partial charge in [-0.05, 0) is 42.2 Å². The SMILES string of the molecule is O=C1C=C[C@H]2C[C@H]3C=CC(=O)C[C@H]3[C@H]2C1. The maximum Gasteiger partial charge on any atom is 0.155 e. The van der Waals surface area contributed by atoms with Gasteiger partial charge in [0.25, 0.3) is 0 Å². The molecule has 0 amide bonds. The van der Waals surface area contributed by atoms with Crippen LogP contribution >= 0.6 is 0 Å². The summed E-state index contributed by atoms with van der Waals surface area (Å²) >= 11 is 0. The van der Waals surface area contributed by atoms with Crippen molar-refractivity contribution in [2.75, 3.05) is 0 Å². The quantitative estimate of drug-likeness (QED) is 0.601. The molecule has 0 aliphatic heterocycles. The molecule has 1 fully saturated rings. The normalized spacial score (nSPS) is 42.9. The van der Waals surface area contributed by atoms with E-state index in [2.05, 4.69) is 12.2 Å². The van der Waals surface area contributed by atoms with Crippen molar-refractivity contribution in [2.24, 2.45) is 23.7 Å². The van der Waals surface area contributed by atoms with Crippen molar-refractivity contribution >= 4 is 11.6 Å². The molecule has 1 saturated carbocycles. The average molecular weight is 202 g/mol. The van der Waals surface area contributed by atoms with E-state index in [4.69, 9.17) is 0 Å². The highest BCUT2D eigenvalue weighted by Gasteiger charge is 2.44. The van der Waals surface area contributed by atoms with Gasteiger partial charge in [-0.15, -0.1) is 0 Å². The van der Waals surface area contributed by atoms with Crippen molar-refractivity contribution in [3.8, 4) is 0 Å². The fourth-order valence-corrected chi connectivity index (χ4v) is 3.41. The van der Waals surface area contributed by atoms with E-state index >= 15 is 0 Å². The second-order valence-corrected chi connectivity index (χ2v) is 4.95. The summed E-state index contributed by atoms with van der Waals surface area (Å²) < 4.78 is 0. The number of carbonyl (C=O) groups is 2. The van der Waals surface area contributed by atoms with Crippen LogP contribution in [0.1, 0.15) is 19.3 Å². The second kappa shape index (κ2) is 3.16. The fourth-order valence-electron chi connectivity index (χ4n) is 3.41. The Morgan fingerprint density at radius 1 is 0.867 bits per heavy atom. The number of carbonyl (C=O) groups excluding carboxylic acids is 2. The van der Waals surface area contributed by atoms with Gasteiger partial charge < -0.3 is 0 Å². The van der Waals surface area contributed by atoms with Gasteiger partial charge in [0.1, 0.15) is 0 Å². The summed E-state index contributed by atoms with van der Waals surface area (Å²) in [5, 5.41) is 0. The van der Waals surface area contributed by atoms with Crippen LogP contribution in [-0.2, 0) is 9.59 Å². The maximum atomic E-state index is 11.4. The first-order valence-electron chi connectivity index (χ1n) is 5.66. The topological polar surface area (TPSA) is 34.1 Å². The predicted molar refractivity (Wildman–Crippen MR) is 56.1 cm³/mol. The van der Waals surface area contributed by atoms with Crippen molar-refractivity contribution in [3.63, 3.8) is 0 Å². The van der Waals surface area contributed by atoms with Crippen LogP contribution in [0, 0.1) is 23.7 Å². The first-order chi connectivity index (χ1) is 7.24. The van der Waals surface area contributed by atoms with Gasteiger partial charge in [-0.25, -0.2) is 0 Å². The van der Waals surface area contributed by atoms with Gasteiger partial charge in [0.15, 0.2) is 11.6 Å². The second-order valence-electron chi connectivity index (χ2n) is 4.95. The molecule has 2 heteroatoms. The number of hydrogen-bond acceptors (Lipinski definition) is 2. The molecule has 15 heavy (non-hydrogen) atoms. The molecular formula is C13H14O2. The van der Waals surface area contributed by atoms with Crippen molar-refractivity contribution in [3.05, 3.63) is 24.3 Å². The van der Waals surface area contributed by atoms with Crippen LogP contribution in [0.5, 0.6) is 0 Å². The van der Waals surface area contributed by atoms with E-state index in [9.17, 15) is 9.59 Å². The Morgan fingerprint density at radius 2 is 1.33 bits per heavy atom. The Balaban J connectivity index is 1.90. The molecule has 0 aromatic heterocycles. The van der Waals surface area contributed by atoms with Gasteiger partial charge in [-0.2, -0.15) is 0 Å². The molecule has 3 aliphatic carbocycles. The van der Waals surface area contributed by atoms with E-state index in [1.165, 1.54) is 0 Å². The van der Waals surface area contributed by atoms with E-state index in [-0.39, 0.29) is 11.6 Å². The molecule has 0 saturated heterocycles. The lowest BCUT2D eigenvalue weighted by Crippen LogP contribution is -2.25. The minimum absolute atomic E-state index is 0.235. The van der Waals surface area contributed by atoms with Crippen LogP contribution in [0.15, 0.2) is 24.3 Å². The summed E-state index contributed by atoms with van der Waals surface area (Å²) in [6, 6.07) is 0. The molecule has 2 nitrogen and oxygen atoms in total. The van der Waals surface area contributed by atoms with Crippen molar-refractivity contribution in [1.29, 1.82) is 0 Å². The highest BCUT2D eigenvalue weighted by Crippen LogP contribution is 2.49. The highest BCUT2D eigenvalue weighted by atomic mass is 16.1. The van der Waals surface area contributed by atoms with Crippen LogP contribution in [0.25, 0.3) is 0 Å². The highest BCUT2D eigenvalue weighted by molar-refractivity contribution is 5.92. The summed E-state index contributed by atoms with van der Waals surface area (Å²) in [5.74, 6) is 2.40. The molecule has 0 bridgehead atoms. The summed E-state index contributed by atoms with van der Waals surface area (Å²) in [4.78, 5) is 22.7. The lowest BCUT2D eigenvalue weighted by Gasteiger charge is -2.27. The molecule has 0 heterocycles. The van der Waals surface area contributed by atoms with Crippen LogP contribution in [0.4, 0.5) is 0 Å². The minimum atomic E-state index is 0.235. The summed E-state index contributed by atoms with van der Waals surface area (Å²) in [7, 11) is 0. The van der Waals surface area contributed by atoms with Gasteiger partial charge in [0.2, 0.25) is 0 Å². The summed E-state index contributed by atoms with van der Waals surface area (Å²) in [6.07, 6.45) is 10.0. The first-order valence-corrected chi connectivity index (χ1v) is 5.66. The predicted octanol–water partition coefficient (Wildman–Crippen LogP) is 1.91. The van der Waals surface area contributed by atoms with Crippen LogP contribution < -0.4 is 0 Å². The Bertz CT molecular complexity index is 342. The van der Waals surface area contributed by atoms with Gasteiger partial charge in [-0.1, -0.05) is 12.2 Å². The number of fused-ring (bicyclic) bond motifs is 3. The van der Waals surface area contributed by atoms with Gasteiger partial charge in [-0.3, -0.25) is 9.59 Å². The van der Waals surface area contributed by atoms with Crippen molar-refractivity contribution < 1.29 is 9.59 Å². The number of hydrogen-bond donors (Lipinski definition) is 0.